The number of benzene rings is 2. The van der Waals surface area contributed by atoms with Crippen molar-refractivity contribution in [2.45, 2.75) is 6.54 Å². The zero-order valence-electron chi connectivity index (χ0n) is 11.9. The van der Waals surface area contributed by atoms with Crippen LogP contribution in [-0.2, 0) is 6.54 Å². The molecule has 0 aliphatic heterocycles. The summed E-state index contributed by atoms with van der Waals surface area (Å²) in [5.74, 6) is 0.465. The molecule has 1 amide bonds. The number of rotatable bonds is 5. The largest absolute Gasteiger partial charge is 0.504 e. The molecule has 2 aromatic carbocycles. The average molecular weight is 287 g/mol. The maximum atomic E-state index is 12.1. The minimum absolute atomic E-state index is 0.164. The van der Waals surface area contributed by atoms with Crippen molar-refractivity contribution in [3.05, 3.63) is 53.6 Å². The van der Waals surface area contributed by atoms with Gasteiger partial charge in [-0.3, -0.25) is 4.79 Å². The Balaban J connectivity index is 2.08. The number of amides is 1. The lowest BCUT2D eigenvalue weighted by molar-refractivity contribution is 0.0947. The van der Waals surface area contributed by atoms with Crippen molar-refractivity contribution >= 4 is 5.91 Å². The zero-order chi connectivity index (χ0) is 15.2. The Hall–Kier alpha value is -2.69. The van der Waals surface area contributed by atoms with E-state index in [9.17, 15) is 9.90 Å². The van der Waals surface area contributed by atoms with Crippen molar-refractivity contribution in [2.75, 3.05) is 14.2 Å². The van der Waals surface area contributed by atoms with Crippen molar-refractivity contribution in [3.8, 4) is 17.2 Å². The van der Waals surface area contributed by atoms with Crippen LogP contribution in [0.15, 0.2) is 42.5 Å². The number of aromatic hydroxyl groups is 1. The van der Waals surface area contributed by atoms with Gasteiger partial charge in [-0.25, -0.2) is 0 Å². The number of hydrogen-bond donors (Lipinski definition) is 2. The maximum Gasteiger partial charge on any atom is 0.255 e. The molecule has 0 heterocycles. The van der Waals surface area contributed by atoms with Crippen LogP contribution in [0.25, 0.3) is 0 Å². The second-order valence-corrected chi connectivity index (χ2v) is 4.39. The fraction of sp³-hybridized carbons (Fsp3) is 0.188. The number of hydrogen-bond acceptors (Lipinski definition) is 4. The van der Waals surface area contributed by atoms with E-state index in [1.807, 2.05) is 24.3 Å². The van der Waals surface area contributed by atoms with Gasteiger partial charge in [0.1, 0.15) is 5.75 Å². The van der Waals surface area contributed by atoms with E-state index in [1.165, 1.54) is 7.11 Å². The number of nitrogens with one attached hydrogen (secondary N) is 1. The summed E-state index contributed by atoms with van der Waals surface area (Å²) in [6.07, 6.45) is 0. The first-order valence-corrected chi connectivity index (χ1v) is 6.42. The van der Waals surface area contributed by atoms with E-state index >= 15 is 0 Å². The summed E-state index contributed by atoms with van der Waals surface area (Å²) in [6, 6.07) is 12.2. The van der Waals surface area contributed by atoms with Crippen LogP contribution in [0.4, 0.5) is 0 Å². The molecule has 5 heteroatoms. The van der Waals surface area contributed by atoms with Crippen molar-refractivity contribution in [3.63, 3.8) is 0 Å². The molecule has 0 fully saturated rings. The molecule has 2 rings (SSSR count). The van der Waals surface area contributed by atoms with Gasteiger partial charge in [0.2, 0.25) is 0 Å². The Morgan fingerprint density at radius 3 is 2.62 bits per heavy atom. The summed E-state index contributed by atoms with van der Waals surface area (Å²) in [5.41, 5.74) is 1.09. The van der Waals surface area contributed by atoms with Crippen LogP contribution in [0.3, 0.4) is 0 Å². The SMILES string of the molecule is COc1cccc(CNC(=O)c2cccc(OC)c2O)c1. The van der Waals surface area contributed by atoms with Gasteiger partial charge in [0.05, 0.1) is 19.8 Å². The van der Waals surface area contributed by atoms with Crippen molar-refractivity contribution in [1.82, 2.24) is 5.32 Å². The first-order chi connectivity index (χ1) is 10.2. The number of carbonyl (C=O) groups is 1. The average Bonchev–Trinajstić information content (AvgIpc) is 2.53. The van der Waals surface area contributed by atoms with E-state index < -0.39 is 0 Å². The molecule has 0 saturated carbocycles. The fourth-order valence-electron chi connectivity index (χ4n) is 1.93. The van der Waals surface area contributed by atoms with Gasteiger partial charge in [-0.15, -0.1) is 0 Å². The van der Waals surface area contributed by atoms with E-state index in [4.69, 9.17) is 9.47 Å². The van der Waals surface area contributed by atoms with Gasteiger partial charge in [-0.05, 0) is 29.8 Å². The van der Waals surface area contributed by atoms with Crippen molar-refractivity contribution in [2.24, 2.45) is 0 Å². The van der Waals surface area contributed by atoms with Gasteiger partial charge in [-0.1, -0.05) is 18.2 Å². The molecule has 2 N–H and O–H groups in total. The molecule has 0 radical (unpaired) electrons. The lowest BCUT2D eigenvalue weighted by Crippen LogP contribution is -2.22. The summed E-state index contributed by atoms with van der Waals surface area (Å²) in [7, 11) is 3.03. The molecule has 110 valence electrons. The van der Waals surface area contributed by atoms with Gasteiger partial charge < -0.3 is 19.9 Å². The normalized spacial score (nSPS) is 10.0. The molecule has 0 spiro atoms. The molecule has 0 aliphatic rings. The highest BCUT2D eigenvalue weighted by Gasteiger charge is 2.14. The van der Waals surface area contributed by atoms with E-state index in [0.717, 1.165) is 11.3 Å². The van der Waals surface area contributed by atoms with E-state index in [0.29, 0.717) is 6.54 Å². The Labute approximate surface area is 123 Å². The molecule has 0 aliphatic carbocycles. The number of phenolic OH excluding ortho intramolecular Hbond substituents is 1. The van der Waals surface area contributed by atoms with Gasteiger partial charge >= 0.3 is 0 Å². The first kappa shape index (κ1) is 14.7. The van der Waals surface area contributed by atoms with Crippen LogP contribution in [0.1, 0.15) is 15.9 Å². The van der Waals surface area contributed by atoms with Crippen LogP contribution in [0.5, 0.6) is 17.2 Å². The molecule has 5 nitrogen and oxygen atoms in total. The molecule has 0 aromatic heterocycles. The van der Waals surface area contributed by atoms with E-state index in [1.54, 1.807) is 25.3 Å². The second kappa shape index (κ2) is 6.65. The Morgan fingerprint density at radius 1 is 1.14 bits per heavy atom. The number of phenols is 1. The highest BCUT2D eigenvalue weighted by Crippen LogP contribution is 2.29. The number of methoxy groups -OCH3 is 2. The third kappa shape index (κ3) is 3.45. The molecule has 0 unspecified atom stereocenters. The van der Waals surface area contributed by atoms with Crippen LogP contribution in [0.2, 0.25) is 0 Å². The fourth-order valence-corrected chi connectivity index (χ4v) is 1.93. The quantitative estimate of drug-likeness (QED) is 0.885. The minimum Gasteiger partial charge on any atom is -0.504 e. The van der Waals surface area contributed by atoms with Crippen LogP contribution in [-0.4, -0.2) is 25.2 Å². The van der Waals surface area contributed by atoms with Crippen molar-refractivity contribution < 1.29 is 19.4 Å². The summed E-state index contributed by atoms with van der Waals surface area (Å²) >= 11 is 0. The van der Waals surface area contributed by atoms with Crippen LogP contribution < -0.4 is 14.8 Å². The minimum atomic E-state index is -0.366. The molecule has 0 bridgehead atoms. The predicted octanol–water partition coefficient (Wildman–Crippen LogP) is 2.34. The Morgan fingerprint density at radius 2 is 1.90 bits per heavy atom. The third-order valence-corrected chi connectivity index (χ3v) is 3.05. The first-order valence-electron chi connectivity index (χ1n) is 6.42. The summed E-state index contributed by atoms with van der Waals surface area (Å²) in [4.78, 5) is 12.1. The monoisotopic (exact) mass is 287 g/mol. The molecule has 2 aromatic rings. The second-order valence-electron chi connectivity index (χ2n) is 4.39. The highest BCUT2D eigenvalue weighted by atomic mass is 16.5. The predicted molar refractivity (Wildman–Crippen MR) is 78.8 cm³/mol. The van der Waals surface area contributed by atoms with Gasteiger partial charge in [0.25, 0.3) is 5.91 Å². The van der Waals surface area contributed by atoms with Gasteiger partial charge in [-0.2, -0.15) is 0 Å². The highest BCUT2D eigenvalue weighted by molar-refractivity contribution is 5.97. The van der Waals surface area contributed by atoms with Crippen LogP contribution in [0, 0.1) is 0 Å². The van der Waals surface area contributed by atoms with Crippen molar-refractivity contribution in [1.29, 1.82) is 0 Å². The Kier molecular flexibility index (Phi) is 4.66. The number of ether oxygens (including phenoxy) is 2. The molecular weight excluding hydrogens is 270 g/mol. The number of para-hydroxylation sites is 1. The summed E-state index contributed by atoms with van der Waals surface area (Å²) in [6.45, 7) is 0.340. The molecule has 0 saturated heterocycles. The molecule has 21 heavy (non-hydrogen) atoms. The van der Waals surface area contributed by atoms with Gasteiger partial charge in [0, 0.05) is 6.54 Å². The van der Waals surface area contributed by atoms with Crippen LogP contribution >= 0.6 is 0 Å². The molecular formula is C16H17NO4. The standard InChI is InChI=1S/C16H17NO4/c1-20-12-6-3-5-11(9-12)10-17-16(19)13-7-4-8-14(21-2)15(13)18/h3-9,18H,10H2,1-2H3,(H,17,19). The van der Waals surface area contributed by atoms with E-state index in [2.05, 4.69) is 5.32 Å². The maximum absolute atomic E-state index is 12.1. The zero-order valence-corrected chi connectivity index (χ0v) is 11.9. The lowest BCUT2D eigenvalue weighted by Gasteiger charge is -2.10. The summed E-state index contributed by atoms with van der Waals surface area (Å²) < 4.78 is 10.1. The Bertz CT molecular complexity index is 640. The molecule has 0 atom stereocenters. The summed E-state index contributed by atoms with van der Waals surface area (Å²) in [5, 5.41) is 12.7. The number of carbonyl (C=O) groups excluding carboxylic acids is 1. The van der Waals surface area contributed by atoms with Gasteiger partial charge in [0.15, 0.2) is 11.5 Å². The lowest BCUT2D eigenvalue weighted by atomic mass is 10.1. The van der Waals surface area contributed by atoms with E-state index in [-0.39, 0.29) is 23.0 Å². The third-order valence-electron chi connectivity index (χ3n) is 3.05. The topological polar surface area (TPSA) is 67.8 Å². The smallest absolute Gasteiger partial charge is 0.255 e.